The van der Waals surface area contributed by atoms with Crippen LogP contribution in [0.15, 0.2) is 41.3 Å². The topological polar surface area (TPSA) is 84.9 Å². The maximum absolute atomic E-state index is 11.7. The van der Waals surface area contributed by atoms with E-state index in [2.05, 4.69) is 5.32 Å². The van der Waals surface area contributed by atoms with Gasteiger partial charge in [0.15, 0.2) is 11.3 Å². The minimum absolute atomic E-state index is 0.123. The predicted molar refractivity (Wildman–Crippen MR) is 75.4 cm³/mol. The number of hydrogen-bond donors (Lipinski definition) is 2. The number of carbonyl (C=O) groups is 2. The number of esters is 1. The number of amides is 1. The molecule has 21 heavy (non-hydrogen) atoms. The molecule has 2 rings (SSSR count). The van der Waals surface area contributed by atoms with Gasteiger partial charge < -0.3 is 19.9 Å². The van der Waals surface area contributed by atoms with Crippen molar-refractivity contribution >= 4 is 18.0 Å². The quantitative estimate of drug-likeness (QED) is 0.649. The molecule has 0 aromatic heterocycles. The molecular formula is C15H15NO5. The second kappa shape index (κ2) is 6.13. The first-order valence-electron chi connectivity index (χ1n) is 6.34. The van der Waals surface area contributed by atoms with Crippen LogP contribution in [-0.4, -0.2) is 30.7 Å². The van der Waals surface area contributed by atoms with Gasteiger partial charge in [-0.3, -0.25) is 4.79 Å². The molecule has 1 aromatic rings. The first-order valence-corrected chi connectivity index (χ1v) is 6.34. The van der Waals surface area contributed by atoms with Crippen LogP contribution in [-0.2, 0) is 14.3 Å². The molecule has 1 amide bonds. The number of aliphatic hydroxyl groups is 1. The highest BCUT2D eigenvalue weighted by atomic mass is 16.5. The van der Waals surface area contributed by atoms with E-state index in [0.29, 0.717) is 11.3 Å². The summed E-state index contributed by atoms with van der Waals surface area (Å²) in [5, 5.41) is 12.4. The average Bonchev–Trinajstić information content (AvgIpc) is 2.74. The monoisotopic (exact) mass is 289 g/mol. The summed E-state index contributed by atoms with van der Waals surface area (Å²) in [4.78, 5) is 23.3. The molecule has 0 bridgehead atoms. The Kier molecular flexibility index (Phi) is 4.27. The van der Waals surface area contributed by atoms with Gasteiger partial charge in [-0.1, -0.05) is 12.1 Å². The fraction of sp³-hybridized carbons (Fsp3) is 0.200. The van der Waals surface area contributed by atoms with Crippen molar-refractivity contribution in [1.29, 1.82) is 0 Å². The summed E-state index contributed by atoms with van der Waals surface area (Å²) in [6, 6.07) is 7.05. The van der Waals surface area contributed by atoms with E-state index < -0.39 is 17.6 Å². The fourth-order valence-electron chi connectivity index (χ4n) is 1.88. The van der Waals surface area contributed by atoms with E-state index in [9.17, 15) is 14.7 Å². The van der Waals surface area contributed by atoms with Gasteiger partial charge in [-0.15, -0.1) is 0 Å². The maximum atomic E-state index is 11.7. The number of ether oxygens (including phenoxy) is 2. The van der Waals surface area contributed by atoms with Crippen molar-refractivity contribution in [1.82, 2.24) is 5.32 Å². The molecule has 1 aliphatic rings. The Hall–Kier alpha value is -2.76. The second-order valence-electron chi connectivity index (χ2n) is 4.23. The van der Waals surface area contributed by atoms with Crippen LogP contribution in [0.1, 0.15) is 12.5 Å². The van der Waals surface area contributed by atoms with Gasteiger partial charge in [-0.2, -0.15) is 0 Å². The third kappa shape index (κ3) is 3.05. The summed E-state index contributed by atoms with van der Waals surface area (Å²) in [6.07, 6.45) is 1.54. The first-order chi connectivity index (χ1) is 10.1. The number of nitrogens with one attached hydrogen (secondary N) is 1. The maximum Gasteiger partial charge on any atom is 0.347 e. The van der Waals surface area contributed by atoms with Crippen molar-refractivity contribution in [3.8, 4) is 5.75 Å². The molecular weight excluding hydrogens is 274 g/mol. The van der Waals surface area contributed by atoms with E-state index in [1.807, 2.05) is 0 Å². The van der Waals surface area contributed by atoms with Crippen molar-refractivity contribution in [2.24, 2.45) is 0 Å². The van der Waals surface area contributed by atoms with E-state index >= 15 is 0 Å². The zero-order valence-corrected chi connectivity index (χ0v) is 11.7. The van der Waals surface area contributed by atoms with Crippen molar-refractivity contribution < 1.29 is 24.2 Å². The van der Waals surface area contributed by atoms with Crippen LogP contribution in [0.3, 0.4) is 0 Å². The minimum Gasteiger partial charge on any atom is -0.505 e. The Bertz CT molecular complexity index is 645. The summed E-state index contributed by atoms with van der Waals surface area (Å²) < 4.78 is 9.83. The molecule has 0 fully saturated rings. The van der Waals surface area contributed by atoms with Gasteiger partial charge in [-0.25, -0.2) is 4.79 Å². The summed E-state index contributed by atoms with van der Waals surface area (Å²) in [5.74, 6) is -1.30. The van der Waals surface area contributed by atoms with E-state index in [-0.39, 0.29) is 17.9 Å². The smallest absolute Gasteiger partial charge is 0.347 e. The van der Waals surface area contributed by atoms with Crippen LogP contribution in [0.25, 0.3) is 6.08 Å². The Morgan fingerprint density at radius 3 is 2.86 bits per heavy atom. The fourth-order valence-corrected chi connectivity index (χ4v) is 1.88. The molecule has 2 N–H and O–H groups in total. The van der Waals surface area contributed by atoms with Gasteiger partial charge in [-0.05, 0) is 30.7 Å². The Balaban J connectivity index is 2.34. The van der Waals surface area contributed by atoms with Gasteiger partial charge in [0.25, 0.3) is 5.91 Å². The molecule has 6 heteroatoms. The highest BCUT2D eigenvalue weighted by Crippen LogP contribution is 2.23. The molecule has 0 radical (unpaired) electrons. The van der Waals surface area contributed by atoms with Crippen molar-refractivity contribution in [2.75, 3.05) is 13.7 Å². The minimum atomic E-state index is -0.846. The lowest BCUT2D eigenvalue weighted by molar-refractivity contribution is -0.140. The highest BCUT2D eigenvalue weighted by Gasteiger charge is 2.33. The Morgan fingerprint density at radius 1 is 1.43 bits per heavy atom. The Labute approximate surface area is 121 Å². The van der Waals surface area contributed by atoms with Crippen molar-refractivity contribution in [3.05, 3.63) is 46.9 Å². The number of benzene rings is 1. The molecule has 0 atom stereocenters. The number of rotatable bonds is 4. The van der Waals surface area contributed by atoms with E-state index in [1.54, 1.807) is 44.4 Å². The van der Waals surface area contributed by atoms with Gasteiger partial charge in [0.1, 0.15) is 5.75 Å². The molecule has 0 spiro atoms. The third-order valence-electron chi connectivity index (χ3n) is 2.85. The van der Waals surface area contributed by atoms with Crippen molar-refractivity contribution in [3.63, 3.8) is 0 Å². The van der Waals surface area contributed by atoms with E-state index in [1.165, 1.54) is 0 Å². The second-order valence-corrected chi connectivity index (χ2v) is 4.23. The number of aliphatic hydroxyl groups excluding tert-OH is 1. The molecule has 0 saturated heterocycles. The zero-order chi connectivity index (χ0) is 15.4. The number of carbonyl (C=O) groups excluding carboxylic acids is 2. The van der Waals surface area contributed by atoms with Gasteiger partial charge >= 0.3 is 5.97 Å². The molecule has 6 nitrogen and oxygen atoms in total. The van der Waals surface area contributed by atoms with Crippen molar-refractivity contribution in [2.45, 2.75) is 6.92 Å². The van der Waals surface area contributed by atoms with Crippen LogP contribution in [0.5, 0.6) is 5.75 Å². The van der Waals surface area contributed by atoms with E-state index in [4.69, 9.17) is 9.47 Å². The highest BCUT2D eigenvalue weighted by molar-refractivity contribution is 6.20. The standard InChI is InChI=1S/C15H15NO5/c1-3-21-15(19)12-13(17)11(16-14(12)18)8-9-5-4-6-10(7-9)20-2/h4-8,17H,3H2,1-2H3,(H,16,18)/b11-8-. The molecule has 1 aromatic carbocycles. The molecule has 110 valence electrons. The third-order valence-corrected chi connectivity index (χ3v) is 2.85. The molecule has 1 heterocycles. The lowest BCUT2D eigenvalue weighted by Crippen LogP contribution is -2.21. The van der Waals surface area contributed by atoms with E-state index in [0.717, 1.165) is 0 Å². The van der Waals surface area contributed by atoms with Crippen LogP contribution < -0.4 is 10.1 Å². The lowest BCUT2D eigenvalue weighted by atomic mass is 10.1. The normalized spacial score (nSPS) is 16.1. The van der Waals surface area contributed by atoms with Crippen LogP contribution in [0, 0.1) is 0 Å². The summed E-state index contributed by atoms with van der Waals surface area (Å²) >= 11 is 0. The SMILES string of the molecule is CCOC(=O)C1=C(O)/C(=C/c2cccc(OC)c2)NC1=O. The largest absolute Gasteiger partial charge is 0.505 e. The molecule has 0 saturated carbocycles. The summed E-state index contributed by atoms with van der Waals surface area (Å²) in [6.45, 7) is 1.74. The Morgan fingerprint density at radius 2 is 2.19 bits per heavy atom. The number of methoxy groups -OCH3 is 1. The lowest BCUT2D eigenvalue weighted by Gasteiger charge is -2.02. The summed E-state index contributed by atoms with van der Waals surface area (Å²) in [7, 11) is 1.54. The van der Waals surface area contributed by atoms with Gasteiger partial charge in [0, 0.05) is 0 Å². The zero-order valence-electron chi connectivity index (χ0n) is 11.7. The van der Waals surface area contributed by atoms with Gasteiger partial charge in [0.05, 0.1) is 19.4 Å². The van der Waals surface area contributed by atoms with Crippen LogP contribution in [0.2, 0.25) is 0 Å². The molecule has 0 aliphatic carbocycles. The predicted octanol–water partition coefficient (Wildman–Crippen LogP) is 1.54. The number of hydrogen-bond acceptors (Lipinski definition) is 5. The van der Waals surface area contributed by atoms with Crippen LogP contribution in [0.4, 0.5) is 0 Å². The molecule has 1 aliphatic heterocycles. The average molecular weight is 289 g/mol. The summed E-state index contributed by atoms with van der Waals surface area (Å²) in [5.41, 5.74) is 0.476. The van der Waals surface area contributed by atoms with Gasteiger partial charge in [0.2, 0.25) is 0 Å². The first kappa shape index (κ1) is 14.6. The van der Waals surface area contributed by atoms with Crippen LogP contribution >= 0.6 is 0 Å². The molecule has 0 unspecified atom stereocenters.